The minimum atomic E-state index is -4.03. The summed E-state index contributed by atoms with van der Waals surface area (Å²) in [6.45, 7) is 2.26. The Morgan fingerprint density at radius 3 is 2.62 bits per heavy atom. The molecule has 1 fully saturated rings. The fourth-order valence-electron chi connectivity index (χ4n) is 4.24. The summed E-state index contributed by atoms with van der Waals surface area (Å²) in [5, 5.41) is 8.63. The number of benzene rings is 2. The van der Waals surface area contributed by atoms with Crippen LogP contribution in [0.2, 0.25) is 0 Å². The molecule has 0 saturated carbocycles. The Morgan fingerprint density at radius 1 is 1.15 bits per heavy atom. The number of sulfonamides is 1. The van der Waals surface area contributed by atoms with Crippen LogP contribution in [0.5, 0.6) is 11.5 Å². The van der Waals surface area contributed by atoms with Crippen LogP contribution >= 0.6 is 0 Å². The summed E-state index contributed by atoms with van der Waals surface area (Å²) >= 11 is 0. The van der Waals surface area contributed by atoms with Gasteiger partial charge in [0.15, 0.2) is 11.4 Å². The zero-order valence-electron chi connectivity index (χ0n) is 19.1. The van der Waals surface area contributed by atoms with Crippen LogP contribution in [0.4, 0.5) is 5.82 Å². The summed E-state index contributed by atoms with van der Waals surface area (Å²) in [4.78, 5) is 2.22. The number of hydrogen-bond acceptors (Lipinski definition) is 8. The topological polar surface area (TPSA) is 112 Å². The molecule has 0 radical (unpaired) electrons. The second kappa shape index (κ2) is 8.65. The molecule has 10 nitrogen and oxygen atoms in total. The normalized spacial score (nSPS) is 14.8. The van der Waals surface area contributed by atoms with E-state index in [1.54, 1.807) is 29.1 Å². The van der Waals surface area contributed by atoms with Crippen LogP contribution in [-0.4, -0.2) is 62.6 Å². The Kier molecular flexibility index (Phi) is 5.66. The van der Waals surface area contributed by atoms with Crippen LogP contribution in [0.1, 0.15) is 17.0 Å². The Balaban J connectivity index is 1.49. The number of rotatable bonds is 8. The Hall–Kier alpha value is -3.57. The van der Waals surface area contributed by atoms with Crippen molar-refractivity contribution < 1.29 is 22.4 Å². The van der Waals surface area contributed by atoms with Crippen molar-refractivity contribution in [3.63, 3.8) is 0 Å². The van der Waals surface area contributed by atoms with E-state index in [0.29, 0.717) is 23.3 Å². The molecular weight excluding hydrogens is 458 g/mol. The van der Waals surface area contributed by atoms with Gasteiger partial charge in [0.25, 0.3) is 10.0 Å². The molecule has 4 aromatic rings. The van der Waals surface area contributed by atoms with Gasteiger partial charge in [-0.2, -0.15) is 5.10 Å². The first kappa shape index (κ1) is 22.2. The molecule has 0 amide bonds. The predicted molar refractivity (Wildman–Crippen MR) is 126 cm³/mol. The second-order valence-corrected chi connectivity index (χ2v) is 9.99. The fraction of sp³-hybridized carbons (Fsp3) is 0.304. The number of likely N-dealkylation sites (N-methyl/N-ethyl adjacent to an activating group) is 1. The van der Waals surface area contributed by atoms with Gasteiger partial charge in [-0.1, -0.05) is 11.2 Å². The SMILES string of the molecule is COc1ccc(C2CN(C)C2)cc1S(=O)(=O)Nc1noc2cc(Cn3cccn3)cc(OC)c12. The lowest BCUT2D eigenvalue weighted by Crippen LogP contribution is -2.41. The molecular formula is C23H25N5O5S. The third-order valence-electron chi connectivity index (χ3n) is 5.97. The van der Waals surface area contributed by atoms with E-state index in [9.17, 15) is 8.42 Å². The smallest absolute Gasteiger partial charge is 0.266 e. The molecule has 0 unspecified atom stereocenters. The molecule has 1 N–H and O–H groups in total. The van der Waals surface area contributed by atoms with E-state index in [4.69, 9.17) is 14.0 Å². The van der Waals surface area contributed by atoms with Gasteiger partial charge in [-0.3, -0.25) is 9.40 Å². The lowest BCUT2D eigenvalue weighted by Gasteiger charge is -2.36. The Bertz CT molecular complexity index is 1430. The maximum Gasteiger partial charge on any atom is 0.266 e. The van der Waals surface area contributed by atoms with E-state index in [-0.39, 0.29) is 22.4 Å². The fourth-order valence-corrected chi connectivity index (χ4v) is 5.45. The van der Waals surface area contributed by atoms with Crippen LogP contribution in [0.15, 0.2) is 58.2 Å². The number of nitrogens with zero attached hydrogens (tertiary/aromatic N) is 4. The van der Waals surface area contributed by atoms with Gasteiger partial charge in [-0.25, -0.2) is 8.42 Å². The van der Waals surface area contributed by atoms with Crippen molar-refractivity contribution in [3.8, 4) is 11.5 Å². The molecule has 2 aromatic heterocycles. The van der Waals surface area contributed by atoms with Crippen LogP contribution < -0.4 is 14.2 Å². The van der Waals surface area contributed by atoms with E-state index in [0.717, 1.165) is 24.2 Å². The number of fused-ring (bicyclic) bond motifs is 1. The molecule has 1 aliphatic rings. The zero-order chi connectivity index (χ0) is 23.9. The van der Waals surface area contributed by atoms with Crippen molar-refractivity contribution in [1.29, 1.82) is 0 Å². The number of ether oxygens (including phenoxy) is 2. The van der Waals surface area contributed by atoms with E-state index in [2.05, 4.69) is 19.9 Å². The first-order valence-electron chi connectivity index (χ1n) is 10.7. The first-order chi connectivity index (χ1) is 16.4. The highest BCUT2D eigenvalue weighted by atomic mass is 32.2. The van der Waals surface area contributed by atoms with Crippen molar-refractivity contribution in [2.24, 2.45) is 0 Å². The average Bonchev–Trinajstić information content (AvgIpc) is 3.46. The third-order valence-corrected chi connectivity index (χ3v) is 7.33. The quantitative estimate of drug-likeness (QED) is 0.407. The molecule has 0 bridgehead atoms. The summed E-state index contributed by atoms with van der Waals surface area (Å²) < 4.78 is 47.5. The maximum absolute atomic E-state index is 13.4. The monoisotopic (exact) mass is 483 g/mol. The molecule has 178 valence electrons. The minimum Gasteiger partial charge on any atom is -0.496 e. The van der Waals surface area contributed by atoms with Crippen LogP contribution in [0.25, 0.3) is 11.0 Å². The largest absolute Gasteiger partial charge is 0.496 e. The lowest BCUT2D eigenvalue weighted by atomic mass is 9.92. The highest BCUT2D eigenvalue weighted by molar-refractivity contribution is 7.92. The van der Waals surface area contributed by atoms with Crippen molar-refractivity contribution >= 4 is 26.8 Å². The number of methoxy groups -OCH3 is 2. The van der Waals surface area contributed by atoms with E-state index in [1.807, 2.05) is 31.4 Å². The minimum absolute atomic E-state index is 0.0486. The second-order valence-electron chi connectivity index (χ2n) is 8.34. The van der Waals surface area contributed by atoms with Gasteiger partial charge in [0.05, 0.1) is 20.8 Å². The number of likely N-dealkylation sites (tertiary alicyclic amines) is 1. The molecule has 0 spiro atoms. The molecule has 0 atom stereocenters. The molecule has 1 saturated heterocycles. The Morgan fingerprint density at radius 2 is 1.94 bits per heavy atom. The first-order valence-corrected chi connectivity index (χ1v) is 12.2. The van der Waals surface area contributed by atoms with Crippen LogP contribution in [0, 0.1) is 0 Å². The molecule has 0 aliphatic carbocycles. The average molecular weight is 484 g/mol. The van der Waals surface area contributed by atoms with Crippen molar-refractivity contribution in [3.05, 3.63) is 59.9 Å². The molecule has 11 heteroatoms. The lowest BCUT2D eigenvalue weighted by molar-refractivity contribution is 0.189. The van der Waals surface area contributed by atoms with Crippen molar-refractivity contribution in [2.75, 3.05) is 39.1 Å². The summed E-state index contributed by atoms with van der Waals surface area (Å²) in [5.41, 5.74) is 2.22. The molecule has 3 heterocycles. The molecule has 5 rings (SSSR count). The maximum atomic E-state index is 13.4. The van der Waals surface area contributed by atoms with Gasteiger partial charge >= 0.3 is 0 Å². The van der Waals surface area contributed by atoms with Crippen molar-refractivity contribution in [2.45, 2.75) is 17.4 Å². The predicted octanol–water partition coefficient (Wildman–Crippen LogP) is 2.92. The van der Waals surface area contributed by atoms with E-state index in [1.165, 1.54) is 14.2 Å². The summed E-state index contributed by atoms with van der Waals surface area (Å²) in [6.07, 6.45) is 3.54. The highest BCUT2D eigenvalue weighted by Crippen LogP contribution is 2.37. The van der Waals surface area contributed by atoms with Crippen LogP contribution in [0.3, 0.4) is 0 Å². The van der Waals surface area contributed by atoms with Gasteiger partial charge in [-0.15, -0.1) is 0 Å². The van der Waals surface area contributed by atoms with Gasteiger partial charge in [0.2, 0.25) is 0 Å². The highest BCUT2D eigenvalue weighted by Gasteiger charge is 2.29. The summed E-state index contributed by atoms with van der Waals surface area (Å²) in [5.74, 6) is 1.03. The summed E-state index contributed by atoms with van der Waals surface area (Å²) in [6, 6.07) is 10.7. The van der Waals surface area contributed by atoms with Gasteiger partial charge < -0.3 is 18.9 Å². The Labute approximate surface area is 197 Å². The summed E-state index contributed by atoms with van der Waals surface area (Å²) in [7, 11) is 0.962. The number of anilines is 1. The van der Waals surface area contributed by atoms with Gasteiger partial charge in [-0.05, 0) is 48.5 Å². The molecule has 2 aromatic carbocycles. The van der Waals surface area contributed by atoms with E-state index >= 15 is 0 Å². The van der Waals surface area contributed by atoms with E-state index < -0.39 is 10.0 Å². The third kappa shape index (κ3) is 4.08. The standard InChI is InChI=1S/C23H25N5O5S/c1-27-13-17(14-27)16-5-6-18(31-2)21(11-16)34(29,30)26-23-22-19(32-3)9-15(10-20(22)33-25-23)12-28-8-4-7-24-28/h4-11,17H,12-14H2,1-3H3,(H,25,26). The number of nitrogens with one attached hydrogen (secondary N) is 1. The van der Waals surface area contributed by atoms with Crippen molar-refractivity contribution in [1.82, 2.24) is 19.8 Å². The van der Waals surface area contributed by atoms with Crippen LogP contribution in [-0.2, 0) is 16.6 Å². The molecule has 1 aliphatic heterocycles. The zero-order valence-corrected chi connectivity index (χ0v) is 19.9. The number of aromatic nitrogens is 3. The molecule has 34 heavy (non-hydrogen) atoms. The van der Waals surface area contributed by atoms with Gasteiger partial charge in [0, 0.05) is 31.4 Å². The number of hydrogen-bond donors (Lipinski definition) is 1. The van der Waals surface area contributed by atoms with Gasteiger partial charge in [0.1, 0.15) is 21.8 Å².